The van der Waals surface area contributed by atoms with Gasteiger partial charge in [-0.3, -0.25) is 0 Å². The summed E-state index contributed by atoms with van der Waals surface area (Å²) in [5, 5.41) is 6.91. The van der Waals surface area contributed by atoms with Crippen LogP contribution in [-0.4, -0.2) is 17.6 Å². The Hall–Kier alpha value is -1.25. The van der Waals surface area contributed by atoms with Gasteiger partial charge in [0.2, 0.25) is 0 Å². The van der Waals surface area contributed by atoms with Crippen LogP contribution in [0, 0.1) is 5.92 Å². The Labute approximate surface area is 117 Å². The minimum absolute atomic E-state index is 0.522. The van der Waals surface area contributed by atoms with E-state index in [1.807, 2.05) is 6.07 Å². The molecule has 1 fully saturated rings. The van der Waals surface area contributed by atoms with Crippen molar-refractivity contribution in [2.75, 3.05) is 17.2 Å². The fraction of sp³-hybridized carbons (Fsp3) is 0.688. The zero-order chi connectivity index (χ0) is 13.5. The first-order valence-electron chi connectivity index (χ1n) is 7.77. The van der Waals surface area contributed by atoms with Crippen molar-refractivity contribution in [2.24, 2.45) is 5.92 Å². The van der Waals surface area contributed by atoms with Crippen molar-refractivity contribution in [3.8, 4) is 0 Å². The molecule has 19 heavy (non-hydrogen) atoms. The van der Waals surface area contributed by atoms with E-state index in [4.69, 9.17) is 0 Å². The molecule has 1 atom stereocenters. The monoisotopic (exact) mass is 261 g/mol. The fourth-order valence-corrected chi connectivity index (χ4v) is 2.85. The normalized spacial score (nSPS) is 18.0. The highest BCUT2D eigenvalue weighted by atomic mass is 15.1. The molecule has 0 radical (unpaired) electrons. The summed E-state index contributed by atoms with van der Waals surface area (Å²) in [6.07, 6.45) is 8.05. The number of nitrogens with zero attached hydrogens (tertiary/aromatic N) is 1. The van der Waals surface area contributed by atoms with E-state index in [0.717, 1.165) is 30.5 Å². The summed E-state index contributed by atoms with van der Waals surface area (Å²) in [6, 6.07) is 6.69. The molecular weight excluding hydrogens is 234 g/mol. The van der Waals surface area contributed by atoms with Crippen LogP contribution in [0.1, 0.15) is 52.4 Å². The van der Waals surface area contributed by atoms with Crippen LogP contribution in [0.3, 0.4) is 0 Å². The van der Waals surface area contributed by atoms with Gasteiger partial charge in [0, 0.05) is 12.6 Å². The number of pyridine rings is 1. The van der Waals surface area contributed by atoms with Crippen molar-refractivity contribution in [3.63, 3.8) is 0 Å². The second kappa shape index (κ2) is 7.37. The second-order valence-corrected chi connectivity index (χ2v) is 5.67. The maximum absolute atomic E-state index is 4.62. The summed E-state index contributed by atoms with van der Waals surface area (Å²) in [5.74, 6) is 2.78. The minimum atomic E-state index is 0.522. The van der Waals surface area contributed by atoms with E-state index >= 15 is 0 Å². The second-order valence-electron chi connectivity index (χ2n) is 5.67. The molecule has 1 unspecified atom stereocenters. The van der Waals surface area contributed by atoms with Crippen molar-refractivity contribution < 1.29 is 0 Å². The third kappa shape index (κ3) is 4.41. The maximum Gasteiger partial charge on any atom is 0.128 e. The molecule has 0 aliphatic heterocycles. The lowest BCUT2D eigenvalue weighted by molar-refractivity contribution is 0.328. The standard InChI is InChI=1S/C16H27N3/c1-3-12-17-15-10-7-11-16(19-15)18-13(2)14-8-5-4-6-9-14/h7,10-11,13-14H,3-6,8-9,12H2,1-2H3,(H2,17,18,19). The number of anilines is 2. The quantitative estimate of drug-likeness (QED) is 0.802. The average molecular weight is 261 g/mol. The molecule has 1 aromatic heterocycles. The van der Waals surface area contributed by atoms with Gasteiger partial charge in [0.15, 0.2) is 0 Å². The first-order chi connectivity index (χ1) is 9.29. The van der Waals surface area contributed by atoms with E-state index in [1.54, 1.807) is 0 Å². The van der Waals surface area contributed by atoms with Crippen LogP contribution in [0.2, 0.25) is 0 Å². The largest absolute Gasteiger partial charge is 0.370 e. The predicted octanol–water partition coefficient (Wildman–Crippen LogP) is 4.28. The molecule has 1 aromatic rings. The van der Waals surface area contributed by atoms with Crippen molar-refractivity contribution >= 4 is 11.6 Å². The number of nitrogens with one attached hydrogen (secondary N) is 2. The molecule has 1 aliphatic rings. The topological polar surface area (TPSA) is 37.0 Å². The highest BCUT2D eigenvalue weighted by Gasteiger charge is 2.20. The summed E-state index contributed by atoms with van der Waals surface area (Å²) < 4.78 is 0. The van der Waals surface area contributed by atoms with Gasteiger partial charge in [-0.05, 0) is 44.2 Å². The lowest BCUT2D eigenvalue weighted by Crippen LogP contribution is -2.28. The van der Waals surface area contributed by atoms with Crippen LogP contribution in [0.15, 0.2) is 18.2 Å². The van der Waals surface area contributed by atoms with Gasteiger partial charge in [-0.2, -0.15) is 0 Å². The van der Waals surface area contributed by atoms with Crippen molar-refractivity contribution in [3.05, 3.63) is 18.2 Å². The summed E-state index contributed by atoms with van der Waals surface area (Å²) in [7, 11) is 0. The molecule has 0 spiro atoms. The third-order valence-corrected chi connectivity index (χ3v) is 4.04. The number of hydrogen-bond acceptors (Lipinski definition) is 3. The molecule has 0 aromatic carbocycles. The van der Waals surface area contributed by atoms with Gasteiger partial charge in [-0.15, -0.1) is 0 Å². The van der Waals surface area contributed by atoms with E-state index in [0.29, 0.717) is 6.04 Å². The summed E-state index contributed by atoms with van der Waals surface area (Å²) >= 11 is 0. The Morgan fingerprint density at radius 2 is 1.95 bits per heavy atom. The predicted molar refractivity (Wildman–Crippen MR) is 82.7 cm³/mol. The number of hydrogen-bond donors (Lipinski definition) is 2. The minimum Gasteiger partial charge on any atom is -0.370 e. The summed E-state index contributed by atoms with van der Waals surface area (Å²) in [5.41, 5.74) is 0. The summed E-state index contributed by atoms with van der Waals surface area (Å²) in [6.45, 7) is 5.44. The fourth-order valence-electron chi connectivity index (χ4n) is 2.85. The molecule has 0 amide bonds. The SMILES string of the molecule is CCCNc1cccc(NC(C)C2CCCCC2)n1. The van der Waals surface area contributed by atoms with Crippen molar-refractivity contribution in [1.82, 2.24) is 4.98 Å². The molecule has 106 valence electrons. The zero-order valence-electron chi connectivity index (χ0n) is 12.3. The molecule has 3 nitrogen and oxygen atoms in total. The molecule has 1 aliphatic carbocycles. The number of rotatable bonds is 6. The van der Waals surface area contributed by atoms with Gasteiger partial charge >= 0.3 is 0 Å². The molecule has 3 heteroatoms. The van der Waals surface area contributed by atoms with Gasteiger partial charge in [0.1, 0.15) is 11.6 Å². The molecule has 1 heterocycles. The van der Waals surface area contributed by atoms with E-state index < -0.39 is 0 Å². The van der Waals surface area contributed by atoms with E-state index in [-0.39, 0.29) is 0 Å². The third-order valence-electron chi connectivity index (χ3n) is 4.04. The van der Waals surface area contributed by atoms with E-state index in [2.05, 4.69) is 41.6 Å². The van der Waals surface area contributed by atoms with Crippen LogP contribution in [0.25, 0.3) is 0 Å². The Morgan fingerprint density at radius 1 is 1.21 bits per heavy atom. The van der Waals surface area contributed by atoms with Crippen LogP contribution in [0.4, 0.5) is 11.6 Å². The lowest BCUT2D eigenvalue weighted by Gasteiger charge is -2.28. The smallest absolute Gasteiger partial charge is 0.128 e. The van der Waals surface area contributed by atoms with Gasteiger partial charge in [-0.25, -0.2) is 4.98 Å². The first-order valence-corrected chi connectivity index (χ1v) is 7.77. The van der Waals surface area contributed by atoms with Gasteiger partial charge in [-0.1, -0.05) is 32.3 Å². The van der Waals surface area contributed by atoms with Crippen LogP contribution < -0.4 is 10.6 Å². The Kier molecular flexibility index (Phi) is 5.49. The Bertz CT molecular complexity index is 372. The van der Waals surface area contributed by atoms with Crippen LogP contribution in [0.5, 0.6) is 0 Å². The Balaban J connectivity index is 1.90. The van der Waals surface area contributed by atoms with E-state index in [9.17, 15) is 0 Å². The lowest BCUT2D eigenvalue weighted by atomic mass is 9.84. The van der Waals surface area contributed by atoms with E-state index in [1.165, 1.54) is 32.1 Å². The van der Waals surface area contributed by atoms with Gasteiger partial charge in [0.05, 0.1) is 0 Å². The zero-order valence-corrected chi connectivity index (χ0v) is 12.3. The van der Waals surface area contributed by atoms with Crippen LogP contribution >= 0.6 is 0 Å². The van der Waals surface area contributed by atoms with Crippen LogP contribution in [-0.2, 0) is 0 Å². The highest BCUT2D eigenvalue weighted by Crippen LogP contribution is 2.27. The molecule has 2 N–H and O–H groups in total. The molecule has 1 saturated carbocycles. The average Bonchev–Trinajstić information content (AvgIpc) is 2.46. The highest BCUT2D eigenvalue weighted by molar-refractivity contribution is 5.45. The Morgan fingerprint density at radius 3 is 2.68 bits per heavy atom. The molecule has 0 saturated heterocycles. The first kappa shape index (κ1) is 14.2. The van der Waals surface area contributed by atoms with Gasteiger partial charge in [0.25, 0.3) is 0 Å². The van der Waals surface area contributed by atoms with Crippen molar-refractivity contribution in [2.45, 2.75) is 58.4 Å². The molecule has 0 bridgehead atoms. The molecular formula is C16H27N3. The van der Waals surface area contributed by atoms with Crippen molar-refractivity contribution in [1.29, 1.82) is 0 Å². The van der Waals surface area contributed by atoms with Gasteiger partial charge < -0.3 is 10.6 Å². The maximum atomic E-state index is 4.62. The molecule has 2 rings (SSSR count). The number of aromatic nitrogens is 1. The summed E-state index contributed by atoms with van der Waals surface area (Å²) in [4.78, 5) is 4.62.